The second kappa shape index (κ2) is 6.57. The third kappa shape index (κ3) is 3.00. The van der Waals surface area contributed by atoms with Crippen molar-refractivity contribution in [3.05, 3.63) is 29.8 Å². The molecule has 4 nitrogen and oxygen atoms in total. The van der Waals surface area contributed by atoms with Crippen molar-refractivity contribution in [3.63, 3.8) is 0 Å². The van der Waals surface area contributed by atoms with Crippen LogP contribution in [0.5, 0.6) is 0 Å². The molecule has 0 bridgehead atoms. The molecular weight excluding hydrogens is 274 g/mol. The molecule has 4 heteroatoms. The van der Waals surface area contributed by atoms with E-state index in [0.29, 0.717) is 0 Å². The number of benzene rings is 1. The van der Waals surface area contributed by atoms with Crippen molar-refractivity contribution in [2.75, 3.05) is 50.8 Å². The Morgan fingerprint density at radius 3 is 2.86 bits per heavy atom. The molecule has 0 aromatic heterocycles. The molecule has 1 aromatic rings. The van der Waals surface area contributed by atoms with Crippen molar-refractivity contribution in [2.24, 2.45) is 0 Å². The van der Waals surface area contributed by atoms with E-state index < -0.39 is 0 Å². The summed E-state index contributed by atoms with van der Waals surface area (Å²) in [6.07, 6.45) is 4.30. The number of ether oxygens (including phenoxy) is 1. The minimum Gasteiger partial charge on any atom is -0.371 e. The van der Waals surface area contributed by atoms with Gasteiger partial charge in [0.15, 0.2) is 0 Å². The van der Waals surface area contributed by atoms with Crippen LogP contribution in [0.2, 0.25) is 0 Å². The predicted molar refractivity (Wildman–Crippen MR) is 89.4 cm³/mol. The Morgan fingerprint density at radius 1 is 1.14 bits per heavy atom. The SMILES string of the molecule is c1cc(C2CNCCO2)cc(N2CCC(N3CCCC3)C2)c1. The van der Waals surface area contributed by atoms with E-state index >= 15 is 0 Å². The van der Waals surface area contributed by atoms with E-state index in [0.717, 1.165) is 25.7 Å². The van der Waals surface area contributed by atoms with Gasteiger partial charge in [0.05, 0.1) is 12.7 Å². The van der Waals surface area contributed by atoms with Gasteiger partial charge in [-0.2, -0.15) is 0 Å². The lowest BCUT2D eigenvalue weighted by molar-refractivity contribution is 0.0277. The lowest BCUT2D eigenvalue weighted by Gasteiger charge is -2.27. The number of rotatable bonds is 3. The first-order chi connectivity index (χ1) is 10.9. The van der Waals surface area contributed by atoms with Crippen LogP contribution in [0.1, 0.15) is 30.9 Å². The average Bonchev–Trinajstić information content (AvgIpc) is 3.27. The van der Waals surface area contributed by atoms with Crippen LogP contribution in [0.4, 0.5) is 5.69 Å². The van der Waals surface area contributed by atoms with Crippen LogP contribution in [0.25, 0.3) is 0 Å². The zero-order valence-electron chi connectivity index (χ0n) is 13.3. The summed E-state index contributed by atoms with van der Waals surface area (Å²) in [7, 11) is 0. The van der Waals surface area contributed by atoms with Gasteiger partial charge in [-0.3, -0.25) is 4.90 Å². The number of morpholine rings is 1. The lowest BCUT2D eigenvalue weighted by Crippen LogP contribution is -2.35. The molecule has 3 heterocycles. The molecule has 2 unspecified atom stereocenters. The zero-order chi connectivity index (χ0) is 14.8. The molecule has 0 radical (unpaired) electrons. The average molecular weight is 301 g/mol. The fourth-order valence-corrected chi connectivity index (χ4v) is 4.08. The summed E-state index contributed by atoms with van der Waals surface area (Å²) in [6.45, 7) is 7.71. The Balaban J connectivity index is 1.44. The van der Waals surface area contributed by atoms with Crippen molar-refractivity contribution in [3.8, 4) is 0 Å². The summed E-state index contributed by atoms with van der Waals surface area (Å²) >= 11 is 0. The second-order valence-electron chi connectivity index (χ2n) is 6.79. The van der Waals surface area contributed by atoms with E-state index in [1.165, 1.54) is 56.7 Å². The monoisotopic (exact) mass is 301 g/mol. The van der Waals surface area contributed by atoms with Crippen molar-refractivity contribution in [2.45, 2.75) is 31.4 Å². The predicted octanol–water partition coefficient (Wildman–Crippen LogP) is 2.02. The van der Waals surface area contributed by atoms with Gasteiger partial charge in [0.25, 0.3) is 0 Å². The largest absolute Gasteiger partial charge is 0.371 e. The molecule has 1 aromatic carbocycles. The maximum atomic E-state index is 5.89. The van der Waals surface area contributed by atoms with E-state index in [2.05, 4.69) is 39.4 Å². The van der Waals surface area contributed by atoms with Crippen LogP contribution < -0.4 is 10.2 Å². The maximum absolute atomic E-state index is 5.89. The molecule has 4 rings (SSSR count). The molecular formula is C18H27N3O. The van der Waals surface area contributed by atoms with Gasteiger partial charge >= 0.3 is 0 Å². The first-order valence-electron chi connectivity index (χ1n) is 8.81. The number of hydrogen-bond donors (Lipinski definition) is 1. The van der Waals surface area contributed by atoms with E-state index in [4.69, 9.17) is 4.74 Å². The molecule has 0 saturated carbocycles. The first-order valence-corrected chi connectivity index (χ1v) is 8.81. The molecule has 3 aliphatic rings. The Hall–Kier alpha value is -1.10. The normalized spacial score (nSPS) is 30.1. The molecule has 120 valence electrons. The van der Waals surface area contributed by atoms with Crippen LogP contribution >= 0.6 is 0 Å². The van der Waals surface area contributed by atoms with Gasteiger partial charge in [0, 0.05) is 37.9 Å². The fourth-order valence-electron chi connectivity index (χ4n) is 4.08. The van der Waals surface area contributed by atoms with Crippen molar-refractivity contribution >= 4 is 5.69 Å². The van der Waals surface area contributed by atoms with E-state index in [-0.39, 0.29) is 6.10 Å². The molecule has 3 aliphatic heterocycles. The van der Waals surface area contributed by atoms with Crippen molar-refractivity contribution < 1.29 is 4.74 Å². The Labute approximate surface area is 133 Å². The summed E-state index contributed by atoms with van der Waals surface area (Å²) in [5.41, 5.74) is 2.68. The summed E-state index contributed by atoms with van der Waals surface area (Å²) in [4.78, 5) is 5.25. The molecule has 3 saturated heterocycles. The Kier molecular flexibility index (Phi) is 4.33. The quantitative estimate of drug-likeness (QED) is 0.924. The molecule has 0 amide bonds. The van der Waals surface area contributed by atoms with Gasteiger partial charge in [-0.15, -0.1) is 0 Å². The smallest absolute Gasteiger partial charge is 0.0950 e. The summed E-state index contributed by atoms with van der Waals surface area (Å²) in [6, 6.07) is 9.75. The molecule has 22 heavy (non-hydrogen) atoms. The second-order valence-corrected chi connectivity index (χ2v) is 6.79. The van der Waals surface area contributed by atoms with E-state index in [9.17, 15) is 0 Å². The highest BCUT2D eigenvalue weighted by Gasteiger charge is 2.29. The van der Waals surface area contributed by atoms with Crippen molar-refractivity contribution in [1.29, 1.82) is 0 Å². The molecule has 0 spiro atoms. The number of nitrogens with one attached hydrogen (secondary N) is 1. The molecule has 1 N–H and O–H groups in total. The minimum absolute atomic E-state index is 0.214. The van der Waals surface area contributed by atoms with Gasteiger partial charge in [-0.25, -0.2) is 0 Å². The number of nitrogens with zero attached hydrogens (tertiary/aromatic N) is 2. The van der Waals surface area contributed by atoms with Gasteiger partial charge in [0.1, 0.15) is 0 Å². The number of hydrogen-bond acceptors (Lipinski definition) is 4. The molecule has 3 fully saturated rings. The van der Waals surface area contributed by atoms with Crippen molar-refractivity contribution in [1.82, 2.24) is 10.2 Å². The molecule has 2 atom stereocenters. The van der Waals surface area contributed by atoms with Crippen LogP contribution in [-0.2, 0) is 4.74 Å². The van der Waals surface area contributed by atoms with Gasteiger partial charge in [0.2, 0.25) is 0 Å². The standard InChI is InChI=1S/C18H27N3O/c1-2-9-20(8-1)17-6-10-21(14-17)16-5-3-4-15(12-16)18-13-19-7-11-22-18/h3-5,12,17-19H,1-2,6-11,13-14H2. The van der Waals surface area contributed by atoms with Gasteiger partial charge < -0.3 is 15.0 Å². The minimum atomic E-state index is 0.214. The van der Waals surface area contributed by atoms with Crippen LogP contribution in [0.3, 0.4) is 0 Å². The number of anilines is 1. The highest BCUT2D eigenvalue weighted by molar-refractivity contribution is 5.50. The Bertz CT molecular complexity index is 495. The fraction of sp³-hybridized carbons (Fsp3) is 0.667. The first kappa shape index (κ1) is 14.5. The van der Waals surface area contributed by atoms with E-state index in [1.807, 2.05) is 0 Å². The highest BCUT2D eigenvalue weighted by Crippen LogP contribution is 2.28. The zero-order valence-corrected chi connectivity index (χ0v) is 13.3. The summed E-state index contributed by atoms with van der Waals surface area (Å²) < 4.78 is 5.89. The topological polar surface area (TPSA) is 27.7 Å². The maximum Gasteiger partial charge on any atom is 0.0950 e. The van der Waals surface area contributed by atoms with Crippen LogP contribution in [-0.4, -0.2) is 56.8 Å². The van der Waals surface area contributed by atoms with E-state index in [1.54, 1.807) is 0 Å². The number of likely N-dealkylation sites (tertiary alicyclic amines) is 1. The third-order valence-corrected chi connectivity index (χ3v) is 5.36. The van der Waals surface area contributed by atoms with Gasteiger partial charge in [-0.1, -0.05) is 12.1 Å². The van der Waals surface area contributed by atoms with Gasteiger partial charge in [-0.05, 0) is 50.0 Å². The Morgan fingerprint density at radius 2 is 2.05 bits per heavy atom. The summed E-state index contributed by atoms with van der Waals surface area (Å²) in [5, 5.41) is 3.42. The third-order valence-electron chi connectivity index (χ3n) is 5.36. The lowest BCUT2D eigenvalue weighted by atomic mass is 10.1. The van der Waals surface area contributed by atoms with Crippen LogP contribution in [0, 0.1) is 0 Å². The summed E-state index contributed by atoms with van der Waals surface area (Å²) in [5.74, 6) is 0. The highest BCUT2D eigenvalue weighted by atomic mass is 16.5. The molecule has 0 aliphatic carbocycles. The van der Waals surface area contributed by atoms with Crippen LogP contribution in [0.15, 0.2) is 24.3 Å².